The molecule has 1 saturated carbocycles. The van der Waals surface area contributed by atoms with Gasteiger partial charge >= 0.3 is 5.56 Å². The van der Waals surface area contributed by atoms with Gasteiger partial charge in [0.2, 0.25) is 0 Å². The zero-order chi connectivity index (χ0) is 11.5. The Labute approximate surface area is 94.2 Å². The number of hydrogen-bond donors (Lipinski definition) is 1. The highest BCUT2D eigenvalue weighted by atomic mass is 16.5. The molecule has 88 valence electrons. The normalized spacial score (nSPS) is 23.9. The number of aryl methyl sites for hydroxylation is 1. The number of rotatable bonds is 4. The van der Waals surface area contributed by atoms with Crippen LogP contribution in [0.15, 0.2) is 17.2 Å². The minimum atomic E-state index is -0.152. The highest BCUT2D eigenvalue weighted by Gasteiger charge is 2.30. The first-order chi connectivity index (χ1) is 7.74. The van der Waals surface area contributed by atoms with Crippen molar-refractivity contribution in [2.45, 2.75) is 32.4 Å². The van der Waals surface area contributed by atoms with Crippen LogP contribution >= 0.6 is 0 Å². The van der Waals surface area contributed by atoms with Crippen LogP contribution in [0.5, 0.6) is 5.88 Å². The largest absolute Gasteiger partial charge is 0.470 e. The van der Waals surface area contributed by atoms with Crippen LogP contribution in [-0.4, -0.2) is 22.2 Å². The van der Waals surface area contributed by atoms with E-state index in [1.54, 1.807) is 17.0 Å². The van der Waals surface area contributed by atoms with Gasteiger partial charge in [-0.05, 0) is 32.2 Å². The smallest absolute Gasteiger partial charge is 0.313 e. The van der Waals surface area contributed by atoms with Gasteiger partial charge in [0.1, 0.15) is 6.10 Å². The third-order valence-electron chi connectivity index (χ3n) is 3.03. The van der Waals surface area contributed by atoms with Crippen LogP contribution in [0.4, 0.5) is 0 Å². The zero-order valence-corrected chi connectivity index (χ0v) is 9.43. The number of nitrogens with zero attached hydrogens (tertiary/aromatic N) is 2. The molecule has 0 spiro atoms. The molecule has 1 fully saturated rings. The predicted octanol–water partition coefficient (Wildman–Crippen LogP) is 0.379. The van der Waals surface area contributed by atoms with Crippen molar-refractivity contribution in [2.24, 2.45) is 11.7 Å². The van der Waals surface area contributed by atoms with Crippen molar-refractivity contribution in [3.63, 3.8) is 0 Å². The topological polar surface area (TPSA) is 70.1 Å². The van der Waals surface area contributed by atoms with E-state index in [0.717, 1.165) is 12.8 Å². The van der Waals surface area contributed by atoms with Crippen LogP contribution in [0.3, 0.4) is 0 Å². The average molecular weight is 223 g/mol. The highest BCUT2D eigenvalue weighted by Crippen LogP contribution is 2.28. The fraction of sp³-hybridized carbons (Fsp3) is 0.636. The van der Waals surface area contributed by atoms with Gasteiger partial charge in [-0.1, -0.05) is 0 Å². The van der Waals surface area contributed by atoms with E-state index in [1.165, 1.54) is 0 Å². The van der Waals surface area contributed by atoms with Gasteiger partial charge in [0.05, 0.1) is 0 Å². The van der Waals surface area contributed by atoms with E-state index in [0.29, 0.717) is 19.0 Å². The van der Waals surface area contributed by atoms with Crippen LogP contribution < -0.4 is 16.0 Å². The maximum Gasteiger partial charge on any atom is 0.313 e. The molecule has 1 aliphatic rings. The van der Waals surface area contributed by atoms with Crippen molar-refractivity contribution < 1.29 is 4.74 Å². The molecule has 1 aromatic heterocycles. The molecule has 2 N–H and O–H groups in total. The van der Waals surface area contributed by atoms with Gasteiger partial charge in [-0.2, -0.15) is 0 Å². The van der Waals surface area contributed by atoms with Crippen LogP contribution in [0.2, 0.25) is 0 Å². The van der Waals surface area contributed by atoms with Crippen molar-refractivity contribution in [2.75, 3.05) is 6.54 Å². The van der Waals surface area contributed by atoms with Crippen LogP contribution in [0, 0.1) is 5.92 Å². The summed E-state index contributed by atoms with van der Waals surface area (Å²) in [6.45, 7) is 3.24. The van der Waals surface area contributed by atoms with Gasteiger partial charge in [-0.3, -0.25) is 4.79 Å². The van der Waals surface area contributed by atoms with Gasteiger partial charge in [0.25, 0.3) is 5.88 Å². The quantitative estimate of drug-likeness (QED) is 0.801. The third kappa shape index (κ3) is 2.09. The lowest BCUT2D eigenvalue weighted by Gasteiger charge is -2.33. The van der Waals surface area contributed by atoms with Gasteiger partial charge in [-0.15, -0.1) is 0 Å². The first-order valence-electron chi connectivity index (χ1n) is 5.66. The zero-order valence-electron chi connectivity index (χ0n) is 9.43. The molecule has 0 atom stereocenters. The summed E-state index contributed by atoms with van der Waals surface area (Å²) < 4.78 is 7.14. The molecular weight excluding hydrogens is 206 g/mol. The van der Waals surface area contributed by atoms with Gasteiger partial charge < -0.3 is 15.0 Å². The van der Waals surface area contributed by atoms with Crippen molar-refractivity contribution in [1.82, 2.24) is 9.55 Å². The molecule has 1 aromatic rings. The maximum absolute atomic E-state index is 11.8. The molecule has 0 bridgehead atoms. The summed E-state index contributed by atoms with van der Waals surface area (Å²) in [5.41, 5.74) is 5.38. The van der Waals surface area contributed by atoms with E-state index in [2.05, 4.69) is 4.98 Å². The Morgan fingerprint density at radius 1 is 1.62 bits per heavy atom. The second-order valence-corrected chi connectivity index (χ2v) is 4.14. The molecule has 1 heterocycles. The van der Waals surface area contributed by atoms with E-state index in [1.807, 2.05) is 6.92 Å². The summed E-state index contributed by atoms with van der Waals surface area (Å²) in [7, 11) is 0. The molecule has 2 rings (SSSR count). The summed E-state index contributed by atoms with van der Waals surface area (Å²) in [6.07, 6.45) is 5.23. The Morgan fingerprint density at radius 2 is 2.38 bits per heavy atom. The van der Waals surface area contributed by atoms with Crippen molar-refractivity contribution in [3.05, 3.63) is 22.7 Å². The fourth-order valence-corrected chi connectivity index (χ4v) is 1.88. The third-order valence-corrected chi connectivity index (χ3v) is 3.03. The van der Waals surface area contributed by atoms with E-state index in [4.69, 9.17) is 10.5 Å². The average Bonchev–Trinajstić information content (AvgIpc) is 2.25. The molecule has 0 aliphatic heterocycles. The molecule has 0 radical (unpaired) electrons. The van der Waals surface area contributed by atoms with Gasteiger partial charge in [-0.25, -0.2) is 4.98 Å². The summed E-state index contributed by atoms with van der Waals surface area (Å²) in [4.78, 5) is 15.8. The van der Waals surface area contributed by atoms with E-state index >= 15 is 0 Å². The second-order valence-electron chi connectivity index (χ2n) is 4.14. The molecule has 0 saturated heterocycles. The second kappa shape index (κ2) is 4.65. The van der Waals surface area contributed by atoms with Crippen LogP contribution in [0.25, 0.3) is 0 Å². The summed E-state index contributed by atoms with van der Waals surface area (Å²) >= 11 is 0. The number of aromatic nitrogens is 2. The van der Waals surface area contributed by atoms with Crippen molar-refractivity contribution in [1.29, 1.82) is 0 Å². The molecule has 1 aliphatic carbocycles. The Kier molecular flexibility index (Phi) is 3.24. The molecule has 16 heavy (non-hydrogen) atoms. The molecular formula is C11H17N3O2. The van der Waals surface area contributed by atoms with Crippen LogP contribution in [0.1, 0.15) is 19.8 Å². The Balaban J connectivity index is 2.03. The Bertz CT molecular complexity index is 410. The van der Waals surface area contributed by atoms with Crippen LogP contribution in [-0.2, 0) is 6.54 Å². The Hall–Kier alpha value is -1.36. The number of ether oxygens (including phenoxy) is 1. The predicted molar refractivity (Wildman–Crippen MR) is 60.4 cm³/mol. The molecule has 0 aromatic carbocycles. The molecule has 5 heteroatoms. The maximum atomic E-state index is 11.8. The van der Waals surface area contributed by atoms with Crippen molar-refractivity contribution >= 4 is 0 Å². The van der Waals surface area contributed by atoms with E-state index in [-0.39, 0.29) is 17.5 Å². The van der Waals surface area contributed by atoms with Crippen molar-refractivity contribution in [3.8, 4) is 5.88 Å². The first kappa shape index (κ1) is 11.1. The minimum absolute atomic E-state index is 0.112. The summed E-state index contributed by atoms with van der Waals surface area (Å²) in [5.74, 6) is 0.756. The number of nitrogens with two attached hydrogens (primary N) is 1. The SMILES string of the molecule is CCn1ccnc(OC2CC(CN)C2)c1=O. The van der Waals surface area contributed by atoms with E-state index < -0.39 is 0 Å². The summed E-state index contributed by atoms with van der Waals surface area (Å²) in [5, 5.41) is 0. The van der Waals surface area contributed by atoms with Gasteiger partial charge in [0, 0.05) is 18.9 Å². The number of hydrogen-bond acceptors (Lipinski definition) is 4. The highest BCUT2D eigenvalue weighted by molar-refractivity contribution is 5.06. The lowest BCUT2D eigenvalue weighted by molar-refractivity contribution is 0.0628. The fourth-order valence-electron chi connectivity index (χ4n) is 1.88. The Morgan fingerprint density at radius 3 is 3.00 bits per heavy atom. The standard InChI is InChI=1S/C11H17N3O2/c1-2-14-4-3-13-10(11(14)15)16-9-5-8(6-9)7-12/h3-4,8-9H,2,5-7,12H2,1H3. The van der Waals surface area contributed by atoms with E-state index in [9.17, 15) is 4.79 Å². The first-order valence-corrected chi connectivity index (χ1v) is 5.66. The van der Waals surface area contributed by atoms with Gasteiger partial charge in [0.15, 0.2) is 0 Å². The molecule has 0 unspecified atom stereocenters. The minimum Gasteiger partial charge on any atom is -0.470 e. The lowest BCUT2D eigenvalue weighted by Crippen LogP contribution is -2.39. The lowest BCUT2D eigenvalue weighted by atomic mass is 9.82. The summed E-state index contributed by atoms with van der Waals surface area (Å²) in [6, 6.07) is 0. The monoisotopic (exact) mass is 223 g/mol. The molecule has 5 nitrogen and oxygen atoms in total. The molecule has 0 amide bonds.